The van der Waals surface area contributed by atoms with Crippen molar-refractivity contribution in [3.8, 4) is 0 Å². The van der Waals surface area contributed by atoms with Gasteiger partial charge in [0, 0.05) is 5.02 Å². The summed E-state index contributed by atoms with van der Waals surface area (Å²) in [7, 11) is -2.16. The Bertz CT molecular complexity index is 342. The minimum Gasteiger partial charge on any atom is -0.423 e. The van der Waals surface area contributed by atoms with E-state index >= 15 is 0 Å². The fourth-order valence-corrected chi connectivity index (χ4v) is 1.17. The zero-order valence-electron chi connectivity index (χ0n) is 8.72. The smallest absolute Gasteiger partial charge is 0.423 e. The van der Waals surface area contributed by atoms with Crippen LogP contribution in [0.3, 0.4) is 0 Å². The zero-order valence-corrected chi connectivity index (χ0v) is 9.47. The average molecular weight is 254 g/mol. The first-order valence-corrected chi connectivity index (χ1v) is 4.93. The van der Waals surface area contributed by atoms with Crippen LogP contribution >= 0.6 is 11.6 Å². The van der Waals surface area contributed by atoms with E-state index in [1.807, 2.05) is 13.8 Å². The van der Waals surface area contributed by atoms with Crippen LogP contribution in [-0.4, -0.2) is 17.2 Å². The summed E-state index contributed by atoms with van der Waals surface area (Å²) in [6.45, 7) is 4.00. The topological polar surface area (TPSA) is 40.5 Å². The average Bonchev–Trinajstić information content (AvgIpc) is 2.19. The molecule has 2 N–H and O–H groups in total. The zero-order chi connectivity index (χ0) is 12.9. The number of benzene rings is 1. The van der Waals surface area contributed by atoms with Gasteiger partial charge in [-0.2, -0.15) is 13.2 Å². The minimum atomic E-state index is -4.65. The van der Waals surface area contributed by atoms with Crippen LogP contribution in [0.1, 0.15) is 19.4 Å². The van der Waals surface area contributed by atoms with E-state index in [9.17, 15) is 13.2 Å². The van der Waals surface area contributed by atoms with E-state index in [0.29, 0.717) is 6.07 Å². The van der Waals surface area contributed by atoms with Gasteiger partial charge in [0.05, 0.1) is 5.56 Å². The second-order valence-corrected chi connectivity index (χ2v) is 3.04. The first-order chi connectivity index (χ1) is 7.32. The molecule has 90 valence electrons. The van der Waals surface area contributed by atoms with Crippen LogP contribution < -0.4 is 5.46 Å². The molecular weight excluding hydrogens is 243 g/mol. The highest BCUT2D eigenvalue weighted by molar-refractivity contribution is 6.59. The summed E-state index contributed by atoms with van der Waals surface area (Å²) in [6.07, 6.45) is -4.65. The molecular formula is C9H11BClF3O2. The summed E-state index contributed by atoms with van der Waals surface area (Å²) in [6, 6.07) is 2.73. The maximum atomic E-state index is 12.3. The van der Waals surface area contributed by atoms with Crippen molar-refractivity contribution >= 4 is 24.2 Å². The van der Waals surface area contributed by atoms with Crippen molar-refractivity contribution in [3.63, 3.8) is 0 Å². The van der Waals surface area contributed by atoms with Gasteiger partial charge in [-0.3, -0.25) is 0 Å². The van der Waals surface area contributed by atoms with Gasteiger partial charge in [0.25, 0.3) is 0 Å². The molecule has 1 aromatic carbocycles. The van der Waals surface area contributed by atoms with Crippen LogP contribution in [0, 0.1) is 0 Å². The van der Waals surface area contributed by atoms with Crippen LogP contribution in [0.5, 0.6) is 0 Å². The predicted molar refractivity (Wildman–Crippen MR) is 57.6 cm³/mol. The second-order valence-electron chi connectivity index (χ2n) is 2.60. The molecule has 0 fully saturated rings. The van der Waals surface area contributed by atoms with Gasteiger partial charge in [0.2, 0.25) is 0 Å². The Labute approximate surface area is 96.8 Å². The Hall–Kier alpha value is -0.715. The minimum absolute atomic E-state index is 0.110. The highest BCUT2D eigenvalue weighted by Crippen LogP contribution is 2.29. The molecule has 2 nitrogen and oxygen atoms in total. The summed E-state index contributed by atoms with van der Waals surface area (Å²) >= 11 is 5.36. The third kappa shape index (κ3) is 4.04. The van der Waals surface area contributed by atoms with Crippen molar-refractivity contribution in [1.82, 2.24) is 0 Å². The lowest BCUT2D eigenvalue weighted by atomic mass is 9.77. The highest BCUT2D eigenvalue weighted by atomic mass is 35.5. The molecule has 0 heterocycles. The molecule has 1 rings (SSSR count). The number of hydrogen-bond acceptors (Lipinski definition) is 2. The van der Waals surface area contributed by atoms with E-state index in [1.54, 1.807) is 0 Å². The lowest BCUT2D eigenvalue weighted by Gasteiger charge is -2.12. The van der Waals surface area contributed by atoms with E-state index in [-0.39, 0.29) is 5.02 Å². The standard InChI is InChI=1S/C7H5BClF3O2.C2H6/c9-4-1-2-6(8(13)14)5(3-4)7(10,11)12;1-2/h1-3,13-14H;1-2H3. The summed E-state index contributed by atoms with van der Waals surface area (Å²) in [5.41, 5.74) is -1.75. The Morgan fingerprint density at radius 1 is 1.19 bits per heavy atom. The fourth-order valence-electron chi connectivity index (χ4n) is 0.999. The SMILES string of the molecule is CC.OB(O)c1ccc(Cl)cc1C(F)(F)F. The molecule has 0 aromatic heterocycles. The van der Waals surface area contributed by atoms with E-state index < -0.39 is 24.3 Å². The van der Waals surface area contributed by atoms with Crippen molar-refractivity contribution in [1.29, 1.82) is 0 Å². The third-order valence-corrected chi connectivity index (χ3v) is 1.83. The molecule has 16 heavy (non-hydrogen) atoms. The molecule has 0 saturated heterocycles. The van der Waals surface area contributed by atoms with Crippen molar-refractivity contribution in [2.45, 2.75) is 20.0 Å². The lowest BCUT2D eigenvalue weighted by molar-refractivity contribution is -0.136. The van der Waals surface area contributed by atoms with Gasteiger partial charge in [-0.15, -0.1) is 0 Å². The molecule has 1 aromatic rings. The number of alkyl halides is 3. The number of halogens is 4. The van der Waals surface area contributed by atoms with Crippen molar-refractivity contribution in [3.05, 3.63) is 28.8 Å². The molecule has 0 amide bonds. The molecule has 0 aliphatic heterocycles. The van der Waals surface area contributed by atoms with Crippen LogP contribution in [-0.2, 0) is 6.18 Å². The van der Waals surface area contributed by atoms with Crippen molar-refractivity contribution < 1.29 is 23.2 Å². The molecule has 0 atom stereocenters. The van der Waals surface area contributed by atoms with Crippen molar-refractivity contribution in [2.75, 3.05) is 0 Å². The van der Waals surface area contributed by atoms with Gasteiger partial charge in [-0.05, 0) is 17.6 Å². The molecule has 0 aliphatic carbocycles. The maximum Gasteiger partial charge on any atom is 0.489 e. The van der Waals surface area contributed by atoms with E-state index in [0.717, 1.165) is 12.1 Å². The van der Waals surface area contributed by atoms with Crippen LogP contribution in [0.4, 0.5) is 13.2 Å². The molecule has 0 bridgehead atoms. The largest absolute Gasteiger partial charge is 0.489 e. The molecule has 0 saturated carbocycles. The van der Waals surface area contributed by atoms with Gasteiger partial charge < -0.3 is 10.0 Å². The van der Waals surface area contributed by atoms with E-state index in [4.69, 9.17) is 21.6 Å². The molecule has 0 spiro atoms. The maximum absolute atomic E-state index is 12.3. The molecule has 7 heteroatoms. The lowest BCUT2D eigenvalue weighted by Crippen LogP contribution is -2.35. The molecule has 0 aliphatic rings. The Morgan fingerprint density at radius 2 is 1.69 bits per heavy atom. The number of rotatable bonds is 1. The summed E-state index contributed by atoms with van der Waals surface area (Å²) < 4.78 is 36.9. The second kappa shape index (κ2) is 6.13. The van der Waals surface area contributed by atoms with Crippen LogP contribution in [0.15, 0.2) is 18.2 Å². The monoisotopic (exact) mass is 254 g/mol. The normalized spacial score (nSPS) is 10.5. The molecule has 0 radical (unpaired) electrons. The van der Waals surface area contributed by atoms with Crippen molar-refractivity contribution in [2.24, 2.45) is 0 Å². The Morgan fingerprint density at radius 3 is 2.06 bits per heavy atom. The summed E-state index contributed by atoms with van der Waals surface area (Å²) in [4.78, 5) is 0. The summed E-state index contributed by atoms with van der Waals surface area (Å²) in [5.74, 6) is 0. The van der Waals surface area contributed by atoms with Crippen LogP contribution in [0.2, 0.25) is 5.02 Å². The van der Waals surface area contributed by atoms with Gasteiger partial charge in [0.1, 0.15) is 0 Å². The first kappa shape index (κ1) is 15.3. The first-order valence-electron chi connectivity index (χ1n) is 4.55. The fraction of sp³-hybridized carbons (Fsp3) is 0.333. The predicted octanol–water partition coefficient (Wildman–Crippen LogP) is 2.06. The van der Waals surface area contributed by atoms with Gasteiger partial charge >= 0.3 is 13.3 Å². The van der Waals surface area contributed by atoms with Gasteiger partial charge in [-0.25, -0.2) is 0 Å². The van der Waals surface area contributed by atoms with E-state index in [1.165, 1.54) is 0 Å². The van der Waals surface area contributed by atoms with E-state index in [2.05, 4.69) is 0 Å². The van der Waals surface area contributed by atoms with Gasteiger partial charge in [0.15, 0.2) is 0 Å². The quantitative estimate of drug-likeness (QED) is 0.753. The van der Waals surface area contributed by atoms with Gasteiger partial charge in [-0.1, -0.05) is 31.5 Å². The summed E-state index contributed by atoms with van der Waals surface area (Å²) in [5, 5.41) is 17.2. The Balaban J connectivity index is 0.00000106. The number of hydrogen-bond donors (Lipinski definition) is 2. The highest BCUT2D eigenvalue weighted by Gasteiger charge is 2.36. The van der Waals surface area contributed by atoms with Crippen LogP contribution in [0.25, 0.3) is 0 Å². The third-order valence-electron chi connectivity index (χ3n) is 1.60. The Kier molecular flexibility index (Phi) is 5.85. The molecule has 0 unspecified atom stereocenters.